The minimum absolute atomic E-state index is 0.370. The lowest BCUT2D eigenvalue weighted by Crippen LogP contribution is -2.30. The predicted molar refractivity (Wildman–Crippen MR) is 135 cm³/mol. The van der Waals surface area contributed by atoms with Gasteiger partial charge in [-0.25, -0.2) is 9.59 Å². The molecule has 0 aromatic carbocycles. The average molecular weight is 503 g/mol. The van der Waals surface area contributed by atoms with Crippen LogP contribution in [0, 0.1) is 47.3 Å². The first kappa shape index (κ1) is 26.8. The van der Waals surface area contributed by atoms with Crippen LogP contribution in [-0.2, 0) is 18.9 Å². The van der Waals surface area contributed by atoms with Gasteiger partial charge in [-0.05, 0) is 74.0 Å². The molecule has 0 heterocycles. The molecule has 4 aliphatic rings. The van der Waals surface area contributed by atoms with Gasteiger partial charge in [0.1, 0.15) is 0 Å². The number of allylic oxidation sites excluding steroid dienone is 2. The maximum atomic E-state index is 11.9. The third kappa shape index (κ3) is 8.70. The van der Waals surface area contributed by atoms with E-state index in [0.29, 0.717) is 76.4 Å². The summed E-state index contributed by atoms with van der Waals surface area (Å²) in [6.45, 7) is 3.47. The van der Waals surface area contributed by atoms with Crippen molar-refractivity contribution in [3.05, 3.63) is 12.2 Å². The van der Waals surface area contributed by atoms with Crippen molar-refractivity contribution in [3.8, 4) is 11.8 Å². The fourth-order valence-electron chi connectivity index (χ4n) is 5.94. The van der Waals surface area contributed by atoms with Crippen LogP contribution in [0.4, 0.5) is 9.59 Å². The lowest BCUT2D eigenvalue weighted by atomic mass is 10.1. The molecular formula is C28H42N2O6. The number of alkyl carbamates (subject to hydrolysis) is 2. The zero-order valence-electron chi connectivity index (χ0n) is 21.4. The Balaban J connectivity index is 0.896. The molecule has 0 saturated heterocycles. The largest absolute Gasteiger partial charge is 0.449 e. The standard InChI is InChI=1S/C28H42N2O6/c31-27(35-19-25-21-9-5-1-2-6-10-22(21)25)29-13-15-33-17-18-34-16-14-30-28(32)36-20-26-23-11-7-3-4-8-12-24(23)26/h1-2,21-26H,5-20H2,(H,29,31)(H,30,32)/b2-1-. The summed E-state index contributed by atoms with van der Waals surface area (Å²) in [7, 11) is 0. The van der Waals surface area contributed by atoms with Crippen LogP contribution in [0.15, 0.2) is 12.2 Å². The zero-order chi connectivity index (χ0) is 25.0. The van der Waals surface area contributed by atoms with Crippen molar-refractivity contribution in [2.75, 3.05) is 52.7 Å². The molecule has 2 fully saturated rings. The predicted octanol–water partition coefficient (Wildman–Crippen LogP) is 3.90. The van der Waals surface area contributed by atoms with Gasteiger partial charge in [0, 0.05) is 25.9 Å². The van der Waals surface area contributed by atoms with Gasteiger partial charge in [0.05, 0.1) is 39.6 Å². The minimum atomic E-state index is -0.383. The van der Waals surface area contributed by atoms with E-state index in [0.717, 1.165) is 50.4 Å². The van der Waals surface area contributed by atoms with Crippen LogP contribution in [0.25, 0.3) is 0 Å². The van der Waals surface area contributed by atoms with Crippen LogP contribution >= 0.6 is 0 Å². The summed E-state index contributed by atoms with van der Waals surface area (Å²) in [6, 6.07) is 0. The number of carbonyl (C=O) groups is 2. The number of nitrogens with one attached hydrogen (secondary N) is 2. The van der Waals surface area contributed by atoms with E-state index in [9.17, 15) is 9.59 Å². The monoisotopic (exact) mass is 502 g/mol. The molecule has 0 bridgehead atoms. The molecule has 0 aromatic heterocycles. The quantitative estimate of drug-likeness (QED) is 0.225. The zero-order valence-corrected chi connectivity index (χ0v) is 21.4. The number of hydrogen-bond donors (Lipinski definition) is 2. The molecule has 8 heteroatoms. The molecule has 36 heavy (non-hydrogen) atoms. The molecule has 4 unspecified atom stereocenters. The van der Waals surface area contributed by atoms with Gasteiger partial charge in [-0.3, -0.25) is 0 Å². The van der Waals surface area contributed by atoms with E-state index < -0.39 is 0 Å². The van der Waals surface area contributed by atoms with Gasteiger partial charge in [-0.15, -0.1) is 11.8 Å². The highest BCUT2D eigenvalue weighted by atomic mass is 16.6. The van der Waals surface area contributed by atoms with Crippen molar-refractivity contribution in [2.24, 2.45) is 35.5 Å². The molecule has 0 spiro atoms. The SMILES string of the molecule is O=C(NCCOCCOCCNC(=O)OCC1C2CC/C=C\CCC21)OCC1C2CCC#CCCC21. The summed E-state index contributed by atoms with van der Waals surface area (Å²) < 4.78 is 21.7. The van der Waals surface area contributed by atoms with Crippen LogP contribution < -0.4 is 10.6 Å². The van der Waals surface area contributed by atoms with Crippen LogP contribution in [-0.4, -0.2) is 64.9 Å². The van der Waals surface area contributed by atoms with E-state index >= 15 is 0 Å². The molecule has 2 amide bonds. The molecule has 4 rings (SSSR count). The Kier molecular flexibility index (Phi) is 10.8. The fourth-order valence-corrected chi connectivity index (χ4v) is 5.94. The molecule has 200 valence electrons. The first-order chi connectivity index (χ1) is 17.7. The van der Waals surface area contributed by atoms with Crippen LogP contribution in [0.5, 0.6) is 0 Å². The van der Waals surface area contributed by atoms with Crippen molar-refractivity contribution in [2.45, 2.75) is 51.4 Å². The molecular weight excluding hydrogens is 460 g/mol. The first-order valence-electron chi connectivity index (χ1n) is 13.8. The highest BCUT2D eigenvalue weighted by Crippen LogP contribution is 2.53. The van der Waals surface area contributed by atoms with Crippen LogP contribution in [0.2, 0.25) is 0 Å². The second kappa shape index (κ2) is 14.5. The Bertz CT molecular complexity index is 746. The Labute approximate surface area is 215 Å². The highest BCUT2D eigenvalue weighted by molar-refractivity contribution is 5.67. The smallest absolute Gasteiger partial charge is 0.407 e. The second-order valence-electron chi connectivity index (χ2n) is 10.3. The summed E-state index contributed by atoms with van der Waals surface area (Å²) in [5.41, 5.74) is 0. The lowest BCUT2D eigenvalue weighted by molar-refractivity contribution is 0.0485. The van der Waals surface area contributed by atoms with Gasteiger partial charge in [0.15, 0.2) is 0 Å². The molecule has 0 aliphatic heterocycles. The van der Waals surface area contributed by atoms with E-state index in [1.807, 2.05) is 0 Å². The van der Waals surface area contributed by atoms with Crippen molar-refractivity contribution >= 4 is 12.2 Å². The summed E-state index contributed by atoms with van der Waals surface area (Å²) in [5.74, 6) is 10.2. The topological polar surface area (TPSA) is 95.1 Å². The number of carbonyl (C=O) groups excluding carboxylic acids is 2. The molecule has 4 aliphatic carbocycles. The lowest BCUT2D eigenvalue weighted by Gasteiger charge is -2.09. The van der Waals surface area contributed by atoms with E-state index in [4.69, 9.17) is 18.9 Å². The summed E-state index contributed by atoms with van der Waals surface area (Å²) >= 11 is 0. The molecule has 0 radical (unpaired) electrons. The van der Waals surface area contributed by atoms with Crippen LogP contribution in [0.3, 0.4) is 0 Å². The van der Waals surface area contributed by atoms with E-state index in [2.05, 4.69) is 34.6 Å². The van der Waals surface area contributed by atoms with Gasteiger partial charge in [-0.1, -0.05) is 12.2 Å². The third-order valence-corrected chi connectivity index (χ3v) is 8.07. The van der Waals surface area contributed by atoms with Gasteiger partial charge in [0.25, 0.3) is 0 Å². The van der Waals surface area contributed by atoms with Gasteiger partial charge in [-0.2, -0.15) is 0 Å². The normalized spacial score (nSPS) is 30.9. The molecule has 4 atom stereocenters. The van der Waals surface area contributed by atoms with Crippen molar-refractivity contribution in [3.63, 3.8) is 0 Å². The number of hydrogen-bond acceptors (Lipinski definition) is 6. The maximum Gasteiger partial charge on any atom is 0.407 e. The Morgan fingerprint density at radius 1 is 0.667 bits per heavy atom. The van der Waals surface area contributed by atoms with Crippen molar-refractivity contribution in [1.29, 1.82) is 0 Å². The fraction of sp³-hybridized carbons (Fsp3) is 0.786. The molecule has 2 saturated carbocycles. The first-order valence-corrected chi connectivity index (χ1v) is 13.8. The third-order valence-electron chi connectivity index (χ3n) is 8.07. The Hall–Kier alpha value is -2.24. The number of amides is 2. The Morgan fingerprint density at radius 3 is 1.58 bits per heavy atom. The summed E-state index contributed by atoms with van der Waals surface area (Å²) in [4.78, 5) is 23.8. The van der Waals surface area contributed by atoms with E-state index in [1.165, 1.54) is 12.8 Å². The Morgan fingerprint density at radius 2 is 1.11 bits per heavy atom. The number of ether oxygens (including phenoxy) is 4. The van der Waals surface area contributed by atoms with Crippen LogP contribution in [0.1, 0.15) is 51.4 Å². The van der Waals surface area contributed by atoms with Gasteiger partial charge >= 0.3 is 12.2 Å². The number of rotatable bonds is 13. The minimum Gasteiger partial charge on any atom is -0.449 e. The van der Waals surface area contributed by atoms with Crippen molar-refractivity contribution in [1.82, 2.24) is 10.6 Å². The summed E-state index contributed by atoms with van der Waals surface area (Å²) in [5, 5.41) is 5.46. The van der Waals surface area contributed by atoms with Crippen molar-refractivity contribution < 1.29 is 28.5 Å². The summed E-state index contributed by atoms with van der Waals surface area (Å²) in [6.07, 6.45) is 12.7. The highest BCUT2D eigenvalue weighted by Gasteiger charge is 2.50. The van der Waals surface area contributed by atoms with E-state index in [1.54, 1.807) is 0 Å². The maximum absolute atomic E-state index is 11.9. The van der Waals surface area contributed by atoms with Gasteiger partial charge in [0.2, 0.25) is 0 Å². The molecule has 8 nitrogen and oxygen atoms in total. The number of fused-ring (bicyclic) bond motifs is 2. The second-order valence-corrected chi connectivity index (χ2v) is 10.3. The van der Waals surface area contributed by atoms with Gasteiger partial charge < -0.3 is 29.6 Å². The average Bonchev–Trinajstić information content (AvgIpc) is 3.70. The molecule has 2 N–H and O–H groups in total. The van der Waals surface area contributed by atoms with E-state index in [-0.39, 0.29) is 12.2 Å². The molecule has 0 aromatic rings.